The van der Waals surface area contributed by atoms with Crippen LogP contribution in [-0.4, -0.2) is 45.6 Å². The molecule has 3 rings (SSSR count). The molecule has 1 aliphatic heterocycles. The summed E-state index contributed by atoms with van der Waals surface area (Å²) in [6.45, 7) is 3.12. The Balaban J connectivity index is 1.85. The van der Waals surface area contributed by atoms with Crippen LogP contribution in [0.4, 0.5) is 13.2 Å². The van der Waals surface area contributed by atoms with Gasteiger partial charge >= 0.3 is 6.18 Å². The number of carbonyl (C=O) groups is 1. The number of H-pyrrole nitrogens is 1. The maximum Gasteiger partial charge on any atom is 0.449 e. The van der Waals surface area contributed by atoms with Crippen LogP contribution in [0.25, 0.3) is 11.0 Å². The zero-order valence-electron chi connectivity index (χ0n) is 14.6. The molecule has 1 fully saturated rings. The maximum atomic E-state index is 12.8. The molecule has 1 aliphatic rings. The number of rotatable bonds is 4. The van der Waals surface area contributed by atoms with E-state index in [4.69, 9.17) is 0 Å². The molecule has 2 N–H and O–H groups in total. The summed E-state index contributed by atoms with van der Waals surface area (Å²) in [6, 6.07) is 4.33. The summed E-state index contributed by atoms with van der Waals surface area (Å²) in [5.74, 6) is -1.30. The lowest BCUT2D eigenvalue weighted by Crippen LogP contribution is -2.47. The van der Waals surface area contributed by atoms with Gasteiger partial charge in [0.05, 0.1) is 17.6 Å². The van der Waals surface area contributed by atoms with Gasteiger partial charge in [0.2, 0.25) is 5.82 Å². The summed E-state index contributed by atoms with van der Waals surface area (Å²) in [5.41, 5.74) is 0.384. The Morgan fingerprint density at radius 3 is 2.85 bits per heavy atom. The minimum Gasteiger partial charge on any atom is -0.396 e. The van der Waals surface area contributed by atoms with Crippen LogP contribution in [0.15, 0.2) is 18.2 Å². The van der Waals surface area contributed by atoms with Crippen LogP contribution >= 0.6 is 0 Å². The van der Waals surface area contributed by atoms with Crippen LogP contribution in [-0.2, 0) is 6.18 Å². The topological polar surface area (TPSA) is 69.2 Å². The normalized spacial score (nSPS) is 21.3. The maximum absolute atomic E-state index is 12.8. The second-order valence-electron chi connectivity index (χ2n) is 7.05. The van der Waals surface area contributed by atoms with Gasteiger partial charge in [-0.05, 0) is 37.5 Å². The molecule has 26 heavy (non-hydrogen) atoms. The van der Waals surface area contributed by atoms with Gasteiger partial charge in [0.25, 0.3) is 5.91 Å². The van der Waals surface area contributed by atoms with Crippen molar-refractivity contribution in [2.45, 2.75) is 38.8 Å². The quantitative estimate of drug-likeness (QED) is 0.865. The van der Waals surface area contributed by atoms with E-state index in [0.29, 0.717) is 18.7 Å². The summed E-state index contributed by atoms with van der Waals surface area (Å²) < 4.78 is 38.3. The zero-order valence-corrected chi connectivity index (χ0v) is 14.6. The van der Waals surface area contributed by atoms with Crippen molar-refractivity contribution in [3.8, 4) is 0 Å². The van der Waals surface area contributed by atoms with E-state index in [2.05, 4.69) is 9.97 Å². The predicted molar refractivity (Wildman–Crippen MR) is 90.7 cm³/mol. The molecule has 0 spiro atoms. The fraction of sp³-hybridized carbons (Fsp3) is 0.556. The van der Waals surface area contributed by atoms with Crippen LogP contribution in [0.1, 0.15) is 48.8 Å². The molecule has 0 aliphatic carbocycles. The minimum absolute atomic E-state index is 0.0269. The summed E-state index contributed by atoms with van der Waals surface area (Å²) in [4.78, 5) is 20.3. The van der Waals surface area contributed by atoms with Gasteiger partial charge in [0.15, 0.2) is 0 Å². The van der Waals surface area contributed by atoms with Crippen LogP contribution in [0.5, 0.6) is 0 Å². The van der Waals surface area contributed by atoms with Crippen molar-refractivity contribution < 1.29 is 23.1 Å². The van der Waals surface area contributed by atoms with Crippen LogP contribution in [0, 0.1) is 5.41 Å². The number of alkyl halides is 3. The van der Waals surface area contributed by atoms with Crippen molar-refractivity contribution in [1.82, 2.24) is 14.9 Å². The van der Waals surface area contributed by atoms with E-state index in [-0.39, 0.29) is 29.0 Å². The molecule has 0 radical (unpaired) electrons. The predicted octanol–water partition coefficient (Wildman–Crippen LogP) is 3.60. The number of halogens is 3. The van der Waals surface area contributed by atoms with Crippen molar-refractivity contribution in [2.24, 2.45) is 5.41 Å². The summed E-state index contributed by atoms with van der Waals surface area (Å²) >= 11 is 0. The van der Waals surface area contributed by atoms with Crippen LogP contribution in [0.3, 0.4) is 0 Å². The Morgan fingerprint density at radius 2 is 2.19 bits per heavy atom. The second kappa shape index (κ2) is 6.90. The smallest absolute Gasteiger partial charge is 0.396 e. The number of piperidine rings is 1. The van der Waals surface area contributed by atoms with Gasteiger partial charge in [0, 0.05) is 24.1 Å². The van der Waals surface area contributed by atoms with Crippen molar-refractivity contribution in [2.75, 3.05) is 19.7 Å². The number of benzene rings is 1. The number of likely N-dealkylation sites (tertiary alicyclic amines) is 1. The Kier molecular flexibility index (Phi) is 4.96. The zero-order chi connectivity index (χ0) is 18.9. The van der Waals surface area contributed by atoms with Gasteiger partial charge in [-0.3, -0.25) is 4.79 Å². The standard InChI is InChI=1S/C18H22F3N3O2/c1-2-6-17(11-25)7-3-8-24(10-17)15(26)12-4-5-13-14(9-12)23-16(22-13)18(19,20)21/h4-5,9,25H,2-3,6-8,10-11H2,1H3,(H,22,23)/t17-/m0/s1. The van der Waals surface area contributed by atoms with Crippen molar-refractivity contribution in [3.05, 3.63) is 29.6 Å². The SMILES string of the molecule is CCC[C@]1(CO)CCCN(C(=O)c2ccc3nc(C(F)(F)F)[nH]c3c2)C1. The molecular weight excluding hydrogens is 347 g/mol. The highest BCUT2D eigenvalue weighted by atomic mass is 19.4. The van der Waals surface area contributed by atoms with Crippen LogP contribution < -0.4 is 0 Å². The molecule has 1 aromatic heterocycles. The lowest BCUT2D eigenvalue weighted by atomic mass is 9.77. The number of aromatic amines is 1. The summed E-state index contributed by atoms with van der Waals surface area (Å²) in [6.07, 6.45) is -1.13. The Bertz CT molecular complexity index is 799. The van der Waals surface area contributed by atoms with Crippen molar-refractivity contribution in [1.29, 1.82) is 0 Å². The molecule has 1 saturated heterocycles. The number of carbonyl (C=O) groups excluding carboxylic acids is 1. The average molecular weight is 369 g/mol. The van der Waals surface area contributed by atoms with E-state index < -0.39 is 12.0 Å². The molecule has 142 valence electrons. The highest BCUT2D eigenvalue weighted by Crippen LogP contribution is 2.35. The molecule has 5 nitrogen and oxygen atoms in total. The average Bonchev–Trinajstić information content (AvgIpc) is 3.05. The molecule has 1 aromatic carbocycles. The number of fused-ring (bicyclic) bond motifs is 1. The largest absolute Gasteiger partial charge is 0.449 e. The van der Waals surface area contributed by atoms with Gasteiger partial charge in [-0.1, -0.05) is 13.3 Å². The van der Waals surface area contributed by atoms with Gasteiger partial charge in [0.1, 0.15) is 0 Å². The molecular formula is C18H22F3N3O2. The summed E-state index contributed by atoms with van der Waals surface area (Å²) in [5, 5.41) is 9.81. The number of nitrogens with zero attached hydrogens (tertiary/aromatic N) is 2. The molecule has 0 bridgehead atoms. The lowest BCUT2D eigenvalue weighted by molar-refractivity contribution is -0.144. The number of aliphatic hydroxyl groups is 1. The fourth-order valence-electron chi connectivity index (χ4n) is 3.78. The number of amides is 1. The van der Waals surface area contributed by atoms with Crippen LogP contribution in [0.2, 0.25) is 0 Å². The first-order valence-electron chi connectivity index (χ1n) is 8.75. The van der Waals surface area contributed by atoms with E-state index in [1.165, 1.54) is 18.2 Å². The number of imidazole rings is 1. The van der Waals surface area contributed by atoms with E-state index in [1.807, 2.05) is 6.92 Å². The number of nitrogens with one attached hydrogen (secondary N) is 1. The molecule has 0 saturated carbocycles. The summed E-state index contributed by atoms with van der Waals surface area (Å²) in [7, 11) is 0. The molecule has 2 aromatic rings. The third kappa shape index (κ3) is 3.56. The van der Waals surface area contributed by atoms with Gasteiger partial charge < -0.3 is 15.0 Å². The second-order valence-corrected chi connectivity index (χ2v) is 7.05. The third-order valence-corrected chi connectivity index (χ3v) is 5.06. The number of aliphatic hydroxyl groups excluding tert-OH is 1. The molecule has 0 unspecified atom stereocenters. The minimum atomic E-state index is -4.56. The fourth-order valence-corrected chi connectivity index (χ4v) is 3.78. The van der Waals surface area contributed by atoms with Crippen molar-refractivity contribution >= 4 is 16.9 Å². The first-order valence-corrected chi connectivity index (χ1v) is 8.75. The Labute approximate surface area is 149 Å². The molecule has 1 amide bonds. The monoisotopic (exact) mass is 369 g/mol. The number of hydrogen-bond acceptors (Lipinski definition) is 3. The lowest BCUT2D eigenvalue weighted by Gasteiger charge is -2.42. The highest BCUT2D eigenvalue weighted by Gasteiger charge is 2.37. The van der Waals surface area contributed by atoms with Crippen molar-refractivity contribution in [3.63, 3.8) is 0 Å². The van der Waals surface area contributed by atoms with Gasteiger partial charge in [-0.15, -0.1) is 0 Å². The van der Waals surface area contributed by atoms with Gasteiger partial charge in [-0.25, -0.2) is 4.98 Å². The van der Waals surface area contributed by atoms with E-state index in [0.717, 1.165) is 25.7 Å². The highest BCUT2D eigenvalue weighted by molar-refractivity contribution is 5.97. The molecule has 2 heterocycles. The molecule has 8 heteroatoms. The Hall–Kier alpha value is -2.09. The first kappa shape index (κ1) is 18.7. The van der Waals surface area contributed by atoms with E-state index in [1.54, 1.807) is 4.90 Å². The van der Waals surface area contributed by atoms with E-state index >= 15 is 0 Å². The Morgan fingerprint density at radius 1 is 1.42 bits per heavy atom. The third-order valence-electron chi connectivity index (χ3n) is 5.06. The first-order chi connectivity index (χ1) is 12.3. The number of hydrogen-bond donors (Lipinski definition) is 2. The van der Waals surface area contributed by atoms with E-state index in [9.17, 15) is 23.1 Å². The number of aromatic nitrogens is 2. The molecule has 1 atom stereocenters. The van der Waals surface area contributed by atoms with Gasteiger partial charge in [-0.2, -0.15) is 13.2 Å².